The quantitative estimate of drug-likeness (QED) is 0.840. The Morgan fingerprint density at radius 2 is 2.22 bits per heavy atom. The van der Waals surface area contributed by atoms with E-state index in [0.29, 0.717) is 12.3 Å². The fourth-order valence-electron chi connectivity index (χ4n) is 1.44. The molecule has 0 unspecified atom stereocenters. The summed E-state index contributed by atoms with van der Waals surface area (Å²) in [5.74, 6) is 0.793. The van der Waals surface area contributed by atoms with Gasteiger partial charge in [0.2, 0.25) is 0 Å². The Hall–Kier alpha value is -1.69. The average Bonchev–Trinajstić information content (AvgIpc) is 2.72. The largest absolute Gasteiger partial charge is 0.493 e. The molecule has 0 atom stereocenters. The van der Waals surface area contributed by atoms with Crippen molar-refractivity contribution in [3.63, 3.8) is 0 Å². The van der Waals surface area contributed by atoms with Gasteiger partial charge in [0.05, 0.1) is 6.61 Å². The fraction of sp³-hybridized carbons (Fsp3) is 0.333. The fourth-order valence-corrected chi connectivity index (χ4v) is 2.30. The zero-order valence-corrected chi connectivity index (χ0v) is 11.3. The number of nitrogens with zero attached hydrogens (tertiary/aromatic N) is 3. The predicted molar refractivity (Wildman–Crippen MR) is 71.8 cm³/mol. The minimum atomic E-state index is 0.688. The molecular weight excluding hydrogens is 248 g/mol. The van der Waals surface area contributed by atoms with Crippen LogP contribution in [0.3, 0.4) is 0 Å². The van der Waals surface area contributed by atoms with E-state index < -0.39 is 0 Å². The number of anilines is 1. The van der Waals surface area contributed by atoms with Gasteiger partial charge < -0.3 is 10.5 Å². The Labute approximate surface area is 110 Å². The highest BCUT2D eigenvalue weighted by Gasteiger charge is 2.06. The minimum absolute atomic E-state index is 0.688. The van der Waals surface area contributed by atoms with Gasteiger partial charge in [-0.1, -0.05) is 6.92 Å². The van der Waals surface area contributed by atoms with Crippen molar-refractivity contribution in [2.75, 3.05) is 12.3 Å². The van der Waals surface area contributed by atoms with E-state index in [1.807, 2.05) is 25.2 Å². The number of ether oxygens (including phenoxy) is 1. The van der Waals surface area contributed by atoms with Gasteiger partial charge in [-0.15, -0.1) is 0 Å². The summed E-state index contributed by atoms with van der Waals surface area (Å²) < 4.78 is 7.31. The summed E-state index contributed by atoms with van der Waals surface area (Å²) in [5, 5.41) is 4.85. The molecule has 0 spiro atoms. The third-order valence-electron chi connectivity index (χ3n) is 2.25. The number of rotatable bonds is 5. The highest BCUT2D eigenvalue weighted by molar-refractivity contribution is 7.99. The maximum Gasteiger partial charge on any atom is 0.190 e. The van der Waals surface area contributed by atoms with Crippen LogP contribution in [-0.4, -0.2) is 21.4 Å². The van der Waals surface area contributed by atoms with Crippen LogP contribution < -0.4 is 10.5 Å². The summed E-state index contributed by atoms with van der Waals surface area (Å²) >= 11 is 1.51. The van der Waals surface area contributed by atoms with Gasteiger partial charge in [0.15, 0.2) is 5.16 Å². The van der Waals surface area contributed by atoms with Crippen LogP contribution in [0.1, 0.15) is 13.3 Å². The second-order valence-electron chi connectivity index (χ2n) is 3.85. The van der Waals surface area contributed by atoms with Crippen molar-refractivity contribution in [3.05, 3.63) is 24.5 Å². The third-order valence-corrected chi connectivity index (χ3v) is 3.28. The van der Waals surface area contributed by atoms with Crippen molar-refractivity contribution >= 4 is 17.4 Å². The van der Waals surface area contributed by atoms with Gasteiger partial charge in [-0.05, 0) is 30.3 Å². The molecule has 1 aromatic heterocycles. The normalized spacial score (nSPS) is 10.6. The first-order chi connectivity index (χ1) is 8.69. The summed E-state index contributed by atoms with van der Waals surface area (Å²) in [6.07, 6.45) is 2.50. The lowest BCUT2D eigenvalue weighted by molar-refractivity contribution is 0.317. The van der Waals surface area contributed by atoms with Crippen molar-refractivity contribution in [3.8, 4) is 5.75 Å². The Kier molecular flexibility index (Phi) is 4.09. The van der Waals surface area contributed by atoms with E-state index in [2.05, 4.69) is 17.0 Å². The highest BCUT2D eigenvalue weighted by Crippen LogP contribution is 2.30. The monoisotopic (exact) mass is 264 g/mol. The molecule has 1 heterocycles. The second kappa shape index (κ2) is 5.77. The maximum absolute atomic E-state index is 5.86. The van der Waals surface area contributed by atoms with Crippen LogP contribution in [0.2, 0.25) is 0 Å². The van der Waals surface area contributed by atoms with Crippen LogP contribution in [0.4, 0.5) is 5.69 Å². The van der Waals surface area contributed by atoms with Gasteiger partial charge in [-0.2, -0.15) is 5.10 Å². The molecule has 2 aromatic rings. The highest BCUT2D eigenvalue weighted by atomic mass is 32.2. The molecule has 0 fully saturated rings. The van der Waals surface area contributed by atoms with Gasteiger partial charge in [0.25, 0.3) is 0 Å². The number of aromatic nitrogens is 3. The van der Waals surface area contributed by atoms with Crippen LogP contribution in [0.5, 0.6) is 5.75 Å². The van der Waals surface area contributed by atoms with E-state index in [4.69, 9.17) is 10.5 Å². The first kappa shape index (κ1) is 12.8. The van der Waals surface area contributed by atoms with E-state index in [-0.39, 0.29) is 0 Å². The summed E-state index contributed by atoms with van der Waals surface area (Å²) in [6.45, 7) is 2.76. The van der Waals surface area contributed by atoms with Gasteiger partial charge in [-0.25, -0.2) is 9.67 Å². The number of hydrogen-bond donors (Lipinski definition) is 1. The smallest absolute Gasteiger partial charge is 0.190 e. The van der Waals surface area contributed by atoms with Crippen molar-refractivity contribution in [1.82, 2.24) is 14.8 Å². The number of hydrogen-bond acceptors (Lipinski definition) is 5. The van der Waals surface area contributed by atoms with Crippen LogP contribution >= 0.6 is 11.8 Å². The van der Waals surface area contributed by atoms with Crippen molar-refractivity contribution in [2.24, 2.45) is 7.05 Å². The minimum Gasteiger partial charge on any atom is -0.493 e. The van der Waals surface area contributed by atoms with E-state index in [1.165, 1.54) is 18.1 Å². The standard InChI is InChI=1S/C12H16N4OS/c1-3-4-17-10-5-9(13)6-11(7-10)18-12-14-8-15-16(12)2/h5-8H,3-4,13H2,1-2H3. The van der Waals surface area contributed by atoms with Crippen LogP contribution in [0.25, 0.3) is 0 Å². The summed E-state index contributed by atoms with van der Waals surface area (Å²) in [6, 6.07) is 5.69. The topological polar surface area (TPSA) is 66.0 Å². The van der Waals surface area contributed by atoms with Gasteiger partial charge in [-0.3, -0.25) is 0 Å². The number of aryl methyl sites for hydroxylation is 1. The zero-order valence-electron chi connectivity index (χ0n) is 10.5. The molecule has 2 N–H and O–H groups in total. The Morgan fingerprint density at radius 1 is 1.39 bits per heavy atom. The summed E-state index contributed by atoms with van der Waals surface area (Å²) in [4.78, 5) is 5.16. The third kappa shape index (κ3) is 3.16. The lowest BCUT2D eigenvalue weighted by Crippen LogP contribution is -1.97. The van der Waals surface area contributed by atoms with Crippen molar-refractivity contribution in [1.29, 1.82) is 0 Å². The molecule has 0 bridgehead atoms. The van der Waals surface area contributed by atoms with Crippen molar-refractivity contribution < 1.29 is 4.74 Å². The molecule has 0 aliphatic rings. The van der Waals surface area contributed by atoms with E-state index >= 15 is 0 Å². The van der Waals surface area contributed by atoms with Crippen LogP contribution in [-0.2, 0) is 7.05 Å². The molecule has 2 rings (SSSR count). The van der Waals surface area contributed by atoms with E-state index in [9.17, 15) is 0 Å². The molecule has 0 radical (unpaired) electrons. The molecule has 0 amide bonds. The molecule has 1 aromatic carbocycles. The van der Waals surface area contributed by atoms with Gasteiger partial charge >= 0.3 is 0 Å². The van der Waals surface area contributed by atoms with Crippen molar-refractivity contribution in [2.45, 2.75) is 23.4 Å². The maximum atomic E-state index is 5.86. The Balaban J connectivity index is 2.17. The molecule has 6 heteroatoms. The Bertz CT molecular complexity index is 527. The number of nitrogens with two attached hydrogens (primary N) is 1. The first-order valence-corrected chi connectivity index (χ1v) is 6.56. The number of nitrogen functional groups attached to an aromatic ring is 1. The summed E-state index contributed by atoms with van der Waals surface area (Å²) in [5.41, 5.74) is 6.55. The molecule has 0 saturated carbocycles. The lowest BCUT2D eigenvalue weighted by Gasteiger charge is -2.08. The zero-order chi connectivity index (χ0) is 13.0. The average molecular weight is 264 g/mol. The van der Waals surface area contributed by atoms with Gasteiger partial charge in [0, 0.05) is 23.7 Å². The van der Waals surface area contributed by atoms with Gasteiger partial charge in [0.1, 0.15) is 12.1 Å². The van der Waals surface area contributed by atoms with Crippen LogP contribution in [0, 0.1) is 0 Å². The van der Waals surface area contributed by atoms with E-state index in [1.54, 1.807) is 4.68 Å². The summed E-state index contributed by atoms with van der Waals surface area (Å²) in [7, 11) is 1.86. The van der Waals surface area contributed by atoms with Crippen LogP contribution in [0.15, 0.2) is 34.6 Å². The predicted octanol–water partition coefficient (Wildman–Crippen LogP) is 2.34. The molecule has 0 saturated heterocycles. The first-order valence-electron chi connectivity index (χ1n) is 5.74. The molecule has 96 valence electrons. The molecule has 0 aliphatic carbocycles. The van der Waals surface area contributed by atoms with E-state index in [0.717, 1.165) is 22.2 Å². The number of benzene rings is 1. The molecular formula is C12H16N4OS. The molecule has 5 nitrogen and oxygen atoms in total. The lowest BCUT2D eigenvalue weighted by atomic mass is 10.3. The molecule has 18 heavy (non-hydrogen) atoms. The Morgan fingerprint density at radius 3 is 2.89 bits per heavy atom. The molecule has 0 aliphatic heterocycles. The second-order valence-corrected chi connectivity index (χ2v) is 4.90. The SMILES string of the molecule is CCCOc1cc(N)cc(Sc2ncnn2C)c1.